The molecular formula is C25H30ClF3N2O2. The number of fused-ring (bicyclic) bond motifs is 1. The van der Waals surface area contributed by atoms with Crippen molar-refractivity contribution >= 4 is 18.2 Å². The van der Waals surface area contributed by atoms with Gasteiger partial charge < -0.3 is 15.0 Å². The van der Waals surface area contributed by atoms with E-state index in [4.69, 9.17) is 4.74 Å². The maximum Gasteiger partial charge on any atom is 0.416 e. The summed E-state index contributed by atoms with van der Waals surface area (Å²) < 4.78 is 44.0. The highest BCUT2D eigenvalue weighted by Crippen LogP contribution is 2.32. The summed E-state index contributed by atoms with van der Waals surface area (Å²) >= 11 is 0. The first-order valence-corrected chi connectivity index (χ1v) is 11.3. The molecule has 0 amide bonds. The van der Waals surface area contributed by atoms with Crippen LogP contribution < -0.4 is 10.1 Å². The highest BCUT2D eigenvalue weighted by molar-refractivity contribution is 5.85. The maximum absolute atomic E-state index is 12.7. The van der Waals surface area contributed by atoms with Crippen molar-refractivity contribution in [3.63, 3.8) is 0 Å². The van der Waals surface area contributed by atoms with Crippen LogP contribution in [-0.4, -0.2) is 43.5 Å². The first-order valence-electron chi connectivity index (χ1n) is 11.3. The van der Waals surface area contributed by atoms with Crippen molar-refractivity contribution in [2.24, 2.45) is 0 Å². The van der Waals surface area contributed by atoms with E-state index < -0.39 is 11.7 Å². The summed E-state index contributed by atoms with van der Waals surface area (Å²) in [7, 11) is 0. The number of likely N-dealkylation sites (tertiary alicyclic amines) is 1. The van der Waals surface area contributed by atoms with Crippen molar-refractivity contribution in [3.05, 3.63) is 64.7 Å². The lowest BCUT2D eigenvalue weighted by Crippen LogP contribution is -2.41. The Morgan fingerprint density at radius 2 is 1.79 bits per heavy atom. The molecule has 0 aromatic heterocycles. The van der Waals surface area contributed by atoms with Gasteiger partial charge in [-0.1, -0.05) is 30.7 Å². The second-order valence-corrected chi connectivity index (χ2v) is 8.64. The van der Waals surface area contributed by atoms with Gasteiger partial charge in [0.2, 0.25) is 0 Å². The number of carbonyl (C=O) groups excluding carboxylic acids is 1. The zero-order valence-electron chi connectivity index (χ0n) is 18.5. The predicted molar refractivity (Wildman–Crippen MR) is 124 cm³/mol. The third-order valence-electron chi connectivity index (χ3n) is 6.27. The van der Waals surface area contributed by atoms with Crippen LogP contribution in [-0.2, 0) is 23.8 Å². The van der Waals surface area contributed by atoms with Crippen LogP contribution in [0.1, 0.15) is 47.6 Å². The zero-order chi connectivity index (χ0) is 22.6. The number of hydrogen-bond acceptors (Lipinski definition) is 4. The first-order chi connectivity index (χ1) is 15.4. The van der Waals surface area contributed by atoms with Crippen molar-refractivity contribution in [1.82, 2.24) is 10.2 Å². The topological polar surface area (TPSA) is 41.6 Å². The average molecular weight is 483 g/mol. The van der Waals surface area contributed by atoms with E-state index >= 15 is 0 Å². The lowest BCUT2D eigenvalue weighted by molar-refractivity contribution is -0.137. The van der Waals surface area contributed by atoms with Crippen molar-refractivity contribution in [3.8, 4) is 5.75 Å². The average Bonchev–Trinajstić information content (AvgIpc) is 2.78. The number of hydrogen-bond donors (Lipinski definition) is 1. The van der Waals surface area contributed by atoms with Crippen LogP contribution in [0.25, 0.3) is 0 Å². The Morgan fingerprint density at radius 1 is 1.06 bits per heavy atom. The number of ketones is 1. The van der Waals surface area contributed by atoms with Gasteiger partial charge in [-0.05, 0) is 68.2 Å². The molecule has 2 heterocycles. The van der Waals surface area contributed by atoms with E-state index in [0.29, 0.717) is 5.56 Å². The van der Waals surface area contributed by atoms with E-state index in [1.54, 1.807) is 0 Å². The third-order valence-corrected chi connectivity index (χ3v) is 6.27. The molecule has 2 aliphatic rings. The Morgan fingerprint density at radius 3 is 2.48 bits per heavy atom. The normalized spacial score (nSPS) is 18.8. The molecule has 1 saturated heterocycles. The Bertz CT molecular complexity index is 928. The number of nitrogens with one attached hydrogen (secondary N) is 1. The zero-order valence-corrected chi connectivity index (χ0v) is 19.3. The molecule has 2 aliphatic heterocycles. The highest BCUT2D eigenvalue weighted by atomic mass is 35.5. The van der Waals surface area contributed by atoms with Crippen LogP contribution in [0.3, 0.4) is 0 Å². The van der Waals surface area contributed by atoms with Crippen LogP contribution in [0.2, 0.25) is 0 Å². The molecule has 1 unspecified atom stereocenters. The molecule has 180 valence electrons. The molecule has 4 rings (SSSR count). The minimum atomic E-state index is -4.38. The molecule has 1 atom stereocenters. The van der Waals surface area contributed by atoms with Gasteiger partial charge in [0.1, 0.15) is 12.4 Å². The number of alkyl halides is 3. The second-order valence-electron chi connectivity index (χ2n) is 8.64. The van der Waals surface area contributed by atoms with Gasteiger partial charge in [-0.25, -0.2) is 0 Å². The monoisotopic (exact) mass is 482 g/mol. The van der Waals surface area contributed by atoms with E-state index in [2.05, 4.69) is 16.3 Å². The molecule has 0 aliphatic carbocycles. The molecular weight excluding hydrogens is 453 g/mol. The molecule has 1 fully saturated rings. The summed E-state index contributed by atoms with van der Waals surface area (Å²) in [4.78, 5) is 14.9. The maximum atomic E-state index is 12.7. The minimum Gasteiger partial charge on any atom is -0.486 e. The molecule has 8 heteroatoms. The highest BCUT2D eigenvalue weighted by Gasteiger charge is 2.30. The third kappa shape index (κ3) is 6.71. The number of nitrogens with zero attached hydrogens (tertiary/aromatic N) is 1. The SMILES string of the molecule is Cl.O=C(COc1cccc2c1CCNC2CN1CCCCC1)Cc1ccc(C(F)(F)F)cc1. The molecule has 2 aromatic rings. The summed E-state index contributed by atoms with van der Waals surface area (Å²) in [6.07, 6.45) is 0.331. The van der Waals surface area contributed by atoms with Crippen LogP contribution in [0.15, 0.2) is 42.5 Å². The van der Waals surface area contributed by atoms with E-state index in [1.807, 2.05) is 12.1 Å². The van der Waals surface area contributed by atoms with Crippen LogP contribution in [0, 0.1) is 0 Å². The Labute approximate surface area is 198 Å². The molecule has 0 bridgehead atoms. The van der Waals surface area contributed by atoms with Gasteiger partial charge in [0.25, 0.3) is 0 Å². The van der Waals surface area contributed by atoms with Gasteiger partial charge in [0.05, 0.1) is 5.56 Å². The van der Waals surface area contributed by atoms with E-state index in [-0.39, 0.29) is 37.3 Å². The number of halogens is 4. The largest absolute Gasteiger partial charge is 0.486 e. The molecule has 33 heavy (non-hydrogen) atoms. The Balaban J connectivity index is 0.00000306. The Hall–Kier alpha value is -2.09. The van der Waals surface area contributed by atoms with Crippen molar-refractivity contribution in [2.45, 2.75) is 44.3 Å². The molecule has 0 radical (unpaired) electrons. The minimum absolute atomic E-state index is 0. The van der Waals surface area contributed by atoms with Gasteiger partial charge in [-0.2, -0.15) is 13.2 Å². The van der Waals surface area contributed by atoms with Crippen molar-refractivity contribution in [2.75, 3.05) is 32.8 Å². The molecule has 0 saturated carbocycles. The van der Waals surface area contributed by atoms with Gasteiger partial charge >= 0.3 is 6.18 Å². The van der Waals surface area contributed by atoms with E-state index in [0.717, 1.165) is 56.0 Å². The molecule has 4 nitrogen and oxygen atoms in total. The molecule has 1 N–H and O–H groups in total. The first kappa shape index (κ1) is 25.5. The van der Waals surface area contributed by atoms with E-state index in [9.17, 15) is 18.0 Å². The summed E-state index contributed by atoms with van der Waals surface area (Å²) in [6, 6.07) is 11.0. The van der Waals surface area contributed by atoms with Gasteiger partial charge in [0.15, 0.2) is 5.78 Å². The van der Waals surface area contributed by atoms with Crippen molar-refractivity contribution < 1.29 is 22.7 Å². The Kier molecular flexibility index (Phi) is 8.79. The summed E-state index contributed by atoms with van der Waals surface area (Å²) in [5.41, 5.74) is 2.21. The van der Waals surface area contributed by atoms with Gasteiger partial charge in [0, 0.05) is 24.6 Å². The van der Waals surface area contributed by atoms with Crippen molar-refractivity contribution in [1.29, 1.82) is 0 Å². The predicted octanol–water partition coefficient (Wildman–Crippen LogP) is 4.99. The lowest BCUT2D eigenvalue weighted by Gasteiger charge is -2.34. The summed E-state index contributed by atoms with van der Waals surface area (Å²) in [5.74, 6) is 0.564. The standard InChI is InChI=1S/C25H29F3N2O2.ClH/c26-25(27,28)19-9-7-18(8-10-19)15-20(31)17-32-24-6-4-5-21-22(24)11-12-29-23(21)16-30-13-2-1-3-14-30;/h4-10,23,29H,1-3,11-17H2;1H. The summed E-state index contributed by atoms with van der Waals surface area (Å²) in [5, 5.41) is 3.62. The smallest absolute Gasteiger partial charge is 0.416 e. The number of ether oxygens (including phenoxy) is 1. The fourth-order valence-corrected chi connectivity index (χ4v) is 4.60. The number of Topliss-reactive ketones (excluding diaryl/α,β-unsaturated/α-hetero) is 1. The fourth-order valence-electron chi connectivity index (χ4n) is 4.60. The van der Waals surface area contributed by atoms with Gasteiger partial charge in [-0.15, -0.1) is 12.4 Å². The second kappa shape index (κ2) is 11.4. The van der Waals surface area contributed by atoms with Crippen LogP contribution in [0.4, 0.5) is 13.2 Å². The van der Waals surface area contributed by atoms with E-state index in [1.165, 1.54) is 37.0 Å². The fraction of sp³-hybridized carbons (Fsp3) is 0.480. The number of piperidine rings is 1. The van der Waals surface area contributed by atoms with Crippen LogP contribution >= 0.6 is 12.4 Å². The number of benzene rings is 2. The number of rotatable bonds is 7. The summed E-state index contributed by atoms with van der Waals surface area (Å²) in [6.45, 7) is 4.03. The number of carbonyl (C=O) groups is 1. The van der Waals surface area contributed by atoms with Crippen LogP contribution in [0.5, 0.6) is 5.75 Å². The quantitative estimate of drug-likeness (QED) is 0.603. The lowest BCUT2D eigenvalue weighted by atomic mass is 9.92. The van der Waals surface area contributed by atoms with Gasteiger partial charge in [-0.3, -0.25) is 4.79 Å². The molecule has 2 aromatic carbocycles. The molecule has 0 spiro atoms.